The number of carbonyl (C=O) groups excluding carboxylic acids is 2. The highest BCUT2D eigenvalue weighted by molar-refractivity contribution is 5.97. The van der Waals surface area contributed by atoms with Gasteiger partial charge < -0.3 is 16.8 Å². The van der Waals surface area contributed by atoms with E-state index in [0.717, 1.165) is 19.3 Å². The zero-order valence-electron chi connectivity index (χ0n) is 13.7. The Morgan fingerprint density at radius 3 is 2.60 bits per heavy atom. The quantitative estimate of drug-likeness (QED) is 0.741. The highest BCUT2D eigenvalue weighted by Crippen LogP contribution is 2.25. The molecule has 1 aliphatic carbocycles. The number of para-hydroxylation sites is 1. The van der Waals surface area contributed by atoms with Crippen molar-refractivity contribution in [3.8, 4) is 5.69 Å². The maximum atomic E-state index is 12.5. The summed E-state index contributed by atoms with van der Waals surface area (Å²) in [5, 5.41) is 7.25. The van der Waals surface area contributed by atoms with Gasteiger partial charge in [0.05, 0.1) is 5.69 Å². The van der Waals surface area contributed by atoms with Crippen LogP contribution in [-0.4, -0.2) is 34.2 Å². The Morgan fingerprint density at radius 2 is 1.96 bits per heavy atom. The van der Waals surface area contributed by atoms with Gasteiger partial charge in [-0.05, 0) is 37.4 Å². The molecule has 2 unspecified atom stereocenters. The number of nitrogens with zero attached hydrogens (tertiary/aromatic N) is 2. The summed E-state index contributed by atoms with van der Waals surface area (Å²) in [4.78, 5) is 24.2. The average Bonchev–Trinajstić information content (AvgIpc) is 3.22. The molecule has 0 radical (unpaired) electrons. The lowest BCUT2D eigenvalue weighted by molar-refractivity contribution is 0.0922. The number of hydrogen-bond donors (Lipinski definition) is 3. The van der Waals surface area contributed by atoms with Crippen LogP contribution in [0.5, 0.6) is 0 Å². The van der Waals surface area contributed by atoms with Crippen molar-refractivity contribution in [2.45, 2.75) is 25.3 Å². The molecular formula is C17H22ClN5O2. The minimum Gasteiger partial charge on any atom is -0.364 e. The van der Waals surface area contributed by atoms with E-state index >= 15 is 0 Å². The van der Waals surface area contributed by atoms with Gasteiger partial charge in [0.1, 0.15) is 5.69 Å². The minimum absolute atomic E-state index is 0. The highest BCUT2D eigenvalue weighted by atomic mass is 35.5. The van der Waals surface area contributed by atoms with E-state index in [1.807, 2.05) is 18.2 Å². The molecule has 1 aromatic heterocycles. The van der Waals surface area contributed by atoms with Crippen LogP contribution in [0.2, 0.25) is 0 Å². The molecule has 0 aliphatic heterocycles. The Bertz CT molecular complexity index is 747. The fourth-order valence-corrected chi connectivity index (χ4v) is 3.18. The fraction of sp³-hybridized carbons (Fsp3) is 0.353. The van der Waals surface area contributed by atoms with Crippen LogP contribution in [0.1, 0.15) is 40.2 Å². The van der Waals surface area contributed by atoms with Gasteiger partial charge in [-0.15, -0.1) is 12.4 Å². The van der Waals surface area contributed by atoms with Gasteiger partial charge in [0, 0.05) is 12.1 Å². The van der Waals surface area contributed by atoms with Gasteiger partial charge in [0.15, 0.2) is 5.69 Å². The molecule has 2 amide bonds. The van der Waals surface area contributed by atoms with Crippen LogP contribution >= 0.6 is 12.4 Å². The molecule has 0 saturated heterocycles. The third-order valence-corrected chi connectivity index (χ3v) is 4.47. The van der Waals surface area contributed by atoms with Gasteiger partial charge >= 0.3 is 0 Å². The van der Waals surface area contributed by atoms with Crippen molar-refractivity contribution in [1.82, 2.24) is 15.1 Å². The van der Waals surface area contributed by atoms with Crippen LogP contribution in [0.15, 0.2) is 36.4 Å². The lowest BCUT2D eigenvalue weighted by Gasteiger charge is -2.18. The Labute approximate surface area is 152 Å². The average molecular weight is 364 g/mol. The monoisotopic (exact) mass is 363 g/mol. The van der Waals surface area contributed by atoms with Crippen LogP contribution < -0.4 is 16.8 Å². The lowest BCUT2D eigenvalue weighted by atomic mass is 10.0. The molecule has 1 heterocycles. The van der Waals surface area contributed by atoms with E-state index in [9.17, 15) is 9.59 Å². The summed E-state index contributed by atoms with van der Waals surface area (Å²) in [6, 6.07) is 10.6. The first-order chi connectivity index (χ1) is 11.6. The molecule has 1 fully saturated rings. The van der Waals surface area contributed by atoms with E-state index in [0.29, 0.717) is 18.2 Å². The third-order valence-electron chi connectivity index (χ3n) is 4.47. The van der Waals surface area contributed by atoms with Crippen molar-refractivity contribution in [3.63, 3.8) is 0 Å². The minimum atomic E-state index is -0.633. The van der Waals surface area contributed by atoms with E-state index in [4.69, 9.17) is 11.5 Å². The number of halogens is 1. The molecule has 1 aromatic carbocycles. The molecule has 8 heteroatoms. The van der Waals surface area contributed by atoms with Gasteiger partial charge in [-0.1, -0.05) is 24.6 Å². The summed E-state index contributed by atoms with van der Waals surface area (Å²) in [5.41, 5.74) is 12.2. The zero-order valence-corrected chi connectivity index (χ0v) is 14.5. The Hall–Kier alpha value is -2.38. The van der Waals surface area contributed by atoms with Crippen molar-refractivity contribution in [2.24, 2.45) is 17.4 Å². The van der Waals surface area contributed by atoms with Crippen LogP contribution in [0.4, 0.5) is 0 Å². The van der Waals surface area contributed by atoms with Crippen LogP contribution in [0.25, 0.3) is 5.69 Å². The van der Waals surface area contributed by atoms with E-state index in [-0.39, 0.29) is 35.7 Å². The molecule has 5 N–H and O–H groups in total. The standard InChI is InChI=1S/C17H21N5O2.ClH/c18-10-11-5-4-8-13(11)20-17(24)14-9-15(16(19)23)22(21-14)12-6-2-1-3-7-12;/h1-3,6-7,9,11,13H,4-5,8,10,18H2,(H2,19,23)(H,20,24);1H. The first-order valence-corrected chi connectivity index (χ1v) is 8.06. The van der Waals surface area contributed by atoms with Crippen LogP contribution in [-0.2, 0) is 0 Å². The summed E-state index contributed by atoms with van der Waals surface area (Å²) in [7, 11) is 0. The summed E-state index contributed by atoms with van der Waals surface area (Å²) in [6.07, 6.45) is 2.99. The number of hydrogen-bond acceptors (Lipinski definition) is 4. The Balaban J connectivity index is 0.00000225. The Kier molecular flexibility index (Phi) is 6.17. The molecule has 2 atom stereocenters. The second-order valence-corrected chi connectivity index (χ2v) is 6.03. The number of amides is 2. The summed E-state index contributed by atoms with van der Waals surface area (Å²) in [6.45, 7) is 0.552. The van der Waals surface area contributed by atoms with E-state index < -0.39 is 5.91 Å². The SMILES string of the molecule is Cl.NCC1CCCC1NC(=O)c1cc(C(N)=O)n(-c2ccccc2)n1. The number of primary amides is 1. The number of benzene rings is 1. The lowest BCUT2D eigenvalue weighted by Crippen LogP contribution is -2.40. The van der Waals surface area contributed by atoms with Crippen LogP contribution in [0.3, 0.4) is 0 Å². The molecule has 2 aromatic rings. The Morgan fingerprint density at radius 1 is 1.24 bits per heavy atom. The van der Waals surface area contributed by atoms with Gasteiger partial charge in [0.2, 0.25) is 0 Å². The van der Waals surface area contributed by atoms with E-state index in [1.54, 1.807) is 12.1 Å². The first-order valence-electron chi connectivity index (χ1n) is 8.06. The van der Waals surface area contributed by atoms with Crippen molar-refractivity contribution in [3.05, 3.63) is 47.8 Å². The predicted octanol–water partition coefficient (Wildman–Crippen LogP) is 1.25. The zero-order chi connectivity index (χ0) is 17.1. The number of rotatable bonds is 5. The first kappa shape index (κ1) is 19.0. The molecule has 1 saturated carbocycles. The summed E-state index contributed by atoms with van der Waals surface area (Å²) in [5.74, 6) is -0.649. The second kappa shape index (κ2) is 8.13. The van der Waals surface area contributed by atoms with Crippen molar-refractivity contribution in [1.29, 1.82) is 0 Å². The molecule has 0 bridgehead atoms. The molecule has 3 rings (SSSR count). The molecule has 25 heavy (non-hydrogen) atoms. The van der Waals surface area contributed by atoms with Gasteiger partial charge in [-0.25, -0.2) is 4.68 Å². The number of carbonyl (C=O) groups is 2. The maximum Gasteiger partial charge on any atom is 0.272 e. The number of nitrogens with one attached hydrogen (secondary N) is 1. The van der Waals surface area contributed by atoms with Gasteiger partial charge in [-0.2, -0.15) is 5.10 Å². The largest absolute Gasteiger partial charge is 0.364 e. The molecule has 7 nitrogen and oxygen atoms in total. The van der Waals surface area contributed by atoms with E-state index in [2.05, 4.69) is 10.4 Å². The summed E-state index contributed by atoms with van der Waals surface area (Å²) < 4.78 is 1.40. The molecule has 1 aliphatic rings. The predicted molar refractivity (Wildman–Crippen MR) is 97.0 cm³/mol. The van der Waals surface area contributed by atoms with Crippen LogP contribution in [0, 0.1) is 5.92 Å². The smallest absolute Gasteiger partial charge is 0.272 e. The normalized spacial score (nSPS) is 19.2. The van der Waals surface area contributed by atoms with Crippen molar-refractivity contribution in [2.75, 3.05) is 6.54 Å². The molecular weight excluding hydrogens is 342 g/mol. The van der Waals surface area contributed by atoms with Crippen molar-refractivity contribution >= 4 is 24.2 Å². The van der Waals surface area contributed by atoms with Crippen molar-refractivity contribution < 1.29 is 9.59 Å². The fourth-order valence-electron chi connectivity index (χ4n) is 3.18. The molecule has 134 valence electrons. The molecule has 0 spiro atoms. The highest BCUT2D eigenvalue weighted by Gasteiger charge is 2.29. The topological polar surface area (TPSA) is 116 Å². The van der Waals surface area contributed by atoms with Gasteiger partial charge in [-0.3, -0.25) is 9.59 Å². The number of aromatic nitrogens is 2. The van der Waals surface area contributed by atoms with Gasteiger partial charge in [0.25, 0.3) is 11.8 Å². The second-order valence-electron chi connectivity index (χ2n) is 6.03. The summed E-state index contributed by atoms with van der Waals surface area (Å²) >= 11 is 0. The number of nitrogens with two attached hydrogens (primary N) is 2. The van der Waals surface area contributed by atoms with E-state index in [1.165, 1.54) is 10.7 Å². The maximum absolute atomic E-state index is 12.5. The third kappa shape index (κ3) is 4.00.